The second-order valence-corrected chi connectivity index (χ2v) is 4.92. The normalized spacial score (nSPS) is 24.3. The van der Waals surface area contributed by atoms with Gasteiger partial charge in [0.25, 0.3) is 0 Å². The van der Waals surface area contributed by atoms with Crippen LogP contribution in [-0.2, 0) is 4.79 Å². The van der Waals surface area contributed by atoms with E-state index in [2.05, 4.69) is 4.90 Å². The molecule has 2 N–H and O–H groups in total. The Bertz CT molecular complexity index is 247. The lowest BCUT2D eigenvalue weighted by molar-refractivity contribution is -0.130. The molecule has 2 aliphatic heterocycles. The number of nitrogens with two attached hydrogens (primary N) is 1. The van der Waals surface area contributed by atoms with E-state index in [1.807, 2.05) is 4.90 Å². The predicted octanol–water partition coefficient (Wildman–Crippen LogP) is 1.27. The summed E-state index contributed by atoms with van der Waals surface area (Å²) >= 11 is 0. The molecule has 0 bridgehead atoms. The van der Waals surface area contributed by atoms with Crippen LogP contribution in [-0.4, -0.2) is 54.5 Å². The Labute approximate surface area is 122 Å². The Balaban J connectivity index is 0.00000144. The van der Waals surface area contributed by atoms with Crippen LogP contribution >= 0.6 is 24.8 Å². The van der Waals surface area contributed by atoms with Crippen molar-refractivity contribution in [1.29, 1.82) is 0 Å². The van der Waals surface area contributed by atoms with Gasteiger partial charge in [-0.15, -0.1) is 24.8 Å². The summed E-state index contributed by atoms with van der Waals surface area (Å²) in [7, 11) is 0. The van der Waals surface area contributed by atoms with Gasteiger partial charge in [-0.2, -0.15) is 0 Å². The number of rotatable bonds is 3. The number of carbonyl (C=O) groups excluding carboxylic acids is 1. The molecule has 0 aromatic carbocycles. The molecule has 2 rings (SSSR count). The van der Waals surface area contributed by atoms with Crippen LogP contribution in [0.4, 0.5) is 0 Å². The quantitative estimate of drug-likeness (QED) is 0.853. The zero-order chi connectivity index (χ0) is 11.4. The minimum absolute atomic E-state index is 0. The topological polar surface area (TPSA) is 49.6 Å². The summed E-state index contributed by atoms with van der Waals surface area (Å²) in [5, 5.41) is 0. The van der Waals surface area contributed by atoms with Crippen LogP contribution in [0, 0.1) is 0 Å². The maximum Gasteiger partial charge on any atom is 0.223 e. The van der Waals surface area contributed by atoms with Crippen LogP contribution in [0.15, 0.2) is 0 Å². The lowest BCUT2D eigenvalue weighted by Gasteiger charge is -2.32. The molecule has 108 valence electrons. The van der Waals surface area contributed by atoms with Gasteiger partial charge >= 0.3 is 0 Å². The van der Waals surface area contributed by atoms with E-state index in [1.165, 1.54) is 32.4 Å². The van der Waals surface area contributed by atoms with Gasteiger partial charge in [-0.3, -0.25) is 9.69 Å². The summed E-state index contributed by atoms with van der Waals surface area (Å²) in [5.41, 5.74) is 5.42. The van der Waals surface area contributed by atoms with Crippen LogP contribution in [0.3, 0.4) is 0 Å². The molecule has 6 heteroatoms. The molecule has 18 heavy (non-hydrogen) atoms. The molecule has 0 aliphatic carbocycles. The highest BCUT2D eigenvalue weighted by Crippen LogP contribution is 2.20. The molecule has 1 atom stereocenters. The molecule has 0 saturated carbocycles. The Morgan fingerprint density at radius 1 is 1.11 bits per heavy atom. The Hall–Kier alpha value is -0.0300. The molecule has 0 aromatic heterocycles. The number of piperidine rings is 1. The highest BCUT2D eigenvalue weighted by Gasteiger charge is 2.30. The number of likely N-dealkylation sites (tertiary alicyclic amines) is 2. The maximum atomic E-state index is 11.7. The van der Waals surface area contributed by atoms with Crippen molar-refractivity contribution in [3.63, 3.8) is 0 Å². The van der Waals surface area contributed by atoms with Crippen molar-refractivity contribution >= 4 is 30.7 Å². The molecule has 2 aliphatic rings. The van der Waals surface area contributed by atoms with Crippen molar-refractivity contribution in [2.24, 2.45) is 5.73 Å². The van der Waals surface area contributed by atoms with Gasteiger partial charge in [-0.1, -0.05) is 6.42 Å². The van der Waals surface area contributed by atoms with Crippen molar-refractivity contribution in [1.82, 2.24) is 9.80 Å². The van der Waals surface area contributed by atoms with Crippen LogP contribution in [0.2, 0.25) is 0 Å². The third-order valence-corrected chi connectivity index (χ3v) is 3.78. The zero-order valence-corrected chi connectivity index (χ0v) is 12.5. The molecular formula is C12H25Cl2N3O. The fraction of sp³-hybridized carbons (Fsp3) is 0.917. The van der Waals surface area contributed by atoms with Crippen molar-refractivity contribution in [3.8, 4) is 0 Å². The van der Waals surface area contributed by atoms with E-state index in [0.717, 1.165) is 19.5 Å². The lowest BCUT2D eigenvalue weighted by atomic mass is 10.1. The van der Waals surface area contributed by atoms with E-state index in [1.54, 1.807) is 0 Å². The minimum Gasteiger partial charge on any atom is -0.341 e. The zero-order valence-electron chi connectivity index (χ0n) is 10.8. The second-order valence-electron chi connectivity index (χ2n) is 4.92. The summed E-state index contributed by atoms with van der Waals surface area (Å²) in [6.45, 7) is 4.79. The van der Waals surface area contributed by atoms with Crippen molar-refractivity contribution in [2.75, 3.05) is 32.7 Å². The van der Waals surface area contributed by atoms with E-state index in [9.17, 15) is 4.79 Å². The first-order valence-corrected chi connectivity index (χ1v) is 6.53. The van der Waals surface area contributed by atoms with Crippen molar-refractivity contribution in [3.05, 3.63) is 0 Å². The lowest BCUT2D eigenvalue weighted by Crippen LogP contribution is -2.41. The SMILES string of the molecule is Cl.Cl.NCCC(=O)N1CCC(N2CCCCC2)C1. The maximum absolute atomic E-state index is 11.7. The first-order chi connectivity index (χ1) is 7.81. The highest BCUT2D eigenvalue weighted by molar-refractivity contribution is 5.85. The molecule has 0 aromatic rings. The van der Waals surface area contributed by atoms with Gasteiger partial charge in [0.1, 0.15) is 0 Å². The molecule has 0 spiro atoms. The molecular weight excluding hydrogens is 273 g/mol. The third kappa shape index (κ3) is 4.57. The number of carbonyl (C=O) groups is 1. The van der Waals surface area contributed by atoms with Crippen LogP contribution in [0.25, 0.3) is 0 Å². The highest BCUT2D eigenvalue weighted by atomic mass is 35.5. The standard InChI is InChI=1S/C12H23N3O.2ClH/c13-6-4-12(16)15-9-5-11(10-15)14-7-2-1-3-8-14;;/h11H,1-10,13H2;2*1H. The number of hydrogen-bond acceptors (Lipinski definition) is 3. The number of halogens is 2. The van der Waals surface area contributed by atoms with Crippen LogP contribution in [0.5, 0.6) is 0 Å². The van der Waals surface area contributed by atoms with Gasteiger partial charge in [-0.25, -0.2) is 0 Å². The summed E-state index contributed by atoms with van der Waals surface area (Å²) in [5.74, 6) is 0.238. The molecule has 2 saturated heterocycles. The molecule has 1 unspecified atom stereocenters. The van der Waals surface area contributed by atoms with E-state index in [4.69, 9.17) is 5.73 Å². The molecule has 2 heterocycles. The van der Waals surface area contributed by atoms with Gasteiger partial charge in [0.2, 0.25) is 5.91 Å². The molecule has 2 fully saturated rings. The second kappa shape index (κ2) is 8.97. The van der Waals surface area contributed by atoms with Crippen LogP contribution in [0.1, 0.15) is 32.1 Å². The van der Waals surface area contributed by atoms with E-state index >= 15 is 0 Å². The number of nitrogens with zero attached hydrogens (tertiary/aromatic N) is 2. The molecule has 4 nitrogen and oxygen atoms in total. The Kier molecular flexibility index (Phi) is 8.95. The minimum atomic E-state index is 0. The van der Waals surface area contributed by atoms with Gasteiger partial charge in [0, 0.05) is 32.1 Å². The first-order valence-electron chi connectivity index (χ1n) is 6.53. The fourth-order valence-electron chi connectivity index (χ4n) is 2.83. The van der Waals surface area contributed by atoms with Crippen LogP contribution < -0.4 is 5.73 Å². The average Bonchev–Trinajstić information content (AvgIpc) is 2.80. The van der Waals surface area contributed by atoms with Gasteiger partial charge in [-0.05, 0) is 32.4 Å². The number of amides is 1. The summed E-state index contributed by atoms with van der Waals surface area (Å²) in [6.07, 6.45) is 5.68. The largest absolute Gasteiger partial charge is 0.341 e. The number of hydrogen-bond donors (Lipinski definition) is 1. The van der Waals surface area contributed by atoms with Gasteiger partial charge in [0.15, 0.2) is 0 Å². The summed E-state index contributed by atoms with van der Waals surface area (Å²) < 4.78 is 0. The smallest absolute Gasteiger partial charge is 0.223 e. The molecule has 1 amide bonds. The van der Waals surface area contributed by atoms with Gasteiger partial charge in [0.05, 0.1) is 0 Å². The van der Waals surface area contributed by atoms with E-state index in [0.29, 0.717) is 19.0 Å². The van der Waals surface area contributed by atoms with Crippen molar-refractivity contribution in [2.45, 2.75) is 38.1 Å². The first kappa shape index (κ1) is 18.0. The predicted molar refractivity (Wildman–Crippen MR) is 78.6 cm³/mol. The Morgan fingerprint density at radius 2 is 1.78 bits per heavy atom. The van der Waals surface area contributed by atoms with E-state index in [-0.39, 0.29) is 30.7 Å². The average molecular weight is 298 g/mol. The fourth-order valence-corrected chi connectivity index (χ4v) is 2.83. The summed E-state index contributed by atoms with van der Waals surface area (Å²) in [6, 6.07) is 0.613. The van der Waals surface area contributed by atoms with E-state index < -0.39 is 0 Å². The summed E-state index contributed by atoms with van der Waals surface area (Å²) in [4.78, 5) is 16.3. The van der Waals surface area contributed by atoms with Crippen molar-refractivity contribution < 1.29 is 4.79 Å². The Morgan fingerprint density at radius 3 is 2.39 bits per heavy atom. The van der Waals surface area contributed by atoms with Gasteiger partial charge < -0.3 is 10.6 Å². The third-order valence-electron chi connectivity index (χ3n) is 3.78. The molecule has 0 radical (unpaired) electrons. The monoisotopic (exact) mass is 297 g/mol.